The standard InChI is InChI=1S/C13H25N5O/c1-11(10-19-3)17-13(14)16-6-4-5-8-18-9-7-15-12(18)2/h7,9,11H,4-6,8,10H2,1-3H3,(H3,14,16,17). The Kier molecular flexibility index (Phi) is 6.95. The van der Waals surface area contributed by atoms with Crippen LogP contribution in [0.5, 0.6) is 0 Å². The smallest absolute Gasteiger partial charge is 0.188 e. The van der Waals surface area contributed by atoms with Crippen LogP contribution < -0.4 is 11.1 Å². The van der Waals surface area contributed by atoms with Gasteiger partial charge in [0.25, 0.3) is 0 Å². The maximum absolute atomic E-state index is 5.77. The summed E-state index contributed by atoms with van der Waals surface area (Å²) in [5.41, 5.74) is 5.77. The van der Waals surface area contributed by atoms with Gasteiger partial charge in [-0.25, -0.2) is 4.98 Å². The number of guanidine groups is 1. The lowest BCUT2D eigenvalue weighted by Crippen LogP contribution is -2.40. The third-order valence-corrected chi connectivity index (χ3v) is 2.82. The number of methoxy groups -OCH3 is 1. The van der Waals surface area contributed by atoms with Crippen LogP contribution in [0.4, 0.5) is 0 Å². The van der Waals surface area contributed by atoms with Crippen LogP contribution in [0.1, 0.15) is 25.6 Å². The van der Waals surface area contributed by atoms with Gasteiger partial charge < -0.3 is 20.4 Å². The zero-order chi connectivity index (χ0) is 14.1. The number of aromatic nitrogens is 2. The number of nitrogens with two attached hydrogens (primary N) is 1. The van der Waals surface area contributed by atoms with Gasteiger partial charge in [0.15, 0.2) is 5.96 Å². The molecule has 0 saturated carbocycles. The molecular formula is C13H25N5O. The first-order valence-electron chi connectivity index (χ1n) is 6.66. The van der Waals surface area contributed by atoms with E-state index in [4.69, 9.17) is 10.5 Å². The summed E-state index contributed by atoms with van der Waals surface area (Å²) in [5, 5.41) is 3.08. The van der Waals surface area contributed by atoms with E-state index in [1.54, 1.807) is 7.11 Å². The number of nitrogens with one attached hydrogen (secondary N) is 1. The minimum atomic E-state index is 0.183. The number of unbranched alkanes of at least 4 members (excludes halogenated alkanes) is 1. The van der Waals surface area contributed by atoms with Gasteiger partial charge in [0.05, 0.1) is 6.61 Å². The van der Waals surface area contributed by atoms with E-state index in [-0.39, 0.29) is 6.04 Å². The summed E-state index contributed by atoms with van der Waals surface area (Å²) in [6.07, 6.45) is 5.91. The first kappa shape index (κ1) is 15.5. The lowest BCUT2D eigenvalue weighted by Gasteiger charge is -2.13. The van der Waals surface area contributed by atoms with Crippen molar-refractivity contribution in [1.29, 1.82) is 0 Å². The van der Waals surface area contributed by atoms with Gasteiger partial charge in [0, 0.05) is 38.6 Å². The number of aryl methyl sites for hydroxylation is 2. The summed E-state index contributed by atoms with van der Waals surface area (Å²) >= 11 is 0. The first-order chi connectivity index (χ1) is 9.13. The van der Waals surface area contributed by atoms with E-state index in [1.165, 1.54) is 0 Å². The lowest BCUT2D eigenvalue weighted by molar-refractivity contribution is 0.179. The van der Waals surface area contributed by atoms with E-state index in [0.29, 0.717) is 12.6 Å². The van der Waals surface area contributed by atoms with Crippen LogP contribution in [0, 0.1) is 6.92 Å². The van der Waals surface area contributed by atoms with Crippen molar-refractivity contribution in [1.82, 2.24) is 14.9 Å². The van der Waals surface area contributed by atoms with Gasteiger partial charge in [0.2, 0.25) is 0 Å². The largest absolute Gasteiger partial charge is 0.383 e. The predicted octanol–water partition coefficient (Wildman–Crippen LogP) is 0.911. The van der Waals surface area contributed by atoms with Crippen molar-refractivity contribution >= 4 is 5.96 Å². The summed E-state index contributed by atoms with van der Waals surface area (Å²) in [6.45, 7) is 6.36. The molecule has 0 saturated heterocycles. The predicted molar refractivity (Wildman–Crippen MR) is 77.2 cm³/mol. The van der Waals surface area contributed by atoms with Crippen LogP contribution in [-0.4, -0.2) is 41.8 Å². The van der Waals surface area contributed by atoms with Gasteiger partial charge in [-0.05, 0) is 26.7 Å². The molecule has 19 heavy (non-hydrogen) atoms. The Morgan fingerprint density at radius 3 is 3.00 bits per heavy atom. The molecule has 108 valence electrons. The van der Waals surface area contributed by atoms with E-state index in [1.807, 2.05) is 26.2 Å². The minimum Gasteiger partial charge on any atom is -0.383 e. The Morgan fingerprint density at radius 2 is 2.37 bits per heavy atom. The third kappa shape index (κ3) is 6.24. The zero-order valence-electron chi connectivity index (χ0n) is 12.1. The molecule has 0 aliphatic heterocycles. The molecule has 0 radical (unpaired) electrons. The topological polar surface area (TPSA) is 77.5 Å². The maximum atomic E-state index is 5.77. The van der Waals surface area contributed by atoms with E-state index < -0.39 is 0 Å². The number of hydrogen-bond acceptors (Lipinski definition) is 3. The Labute approximate surface area is 115 Å². The number of aliphatic imine (C=N–C) groups is 1. The molecule has 0 aliphatic carbocycles. The van der Waals surface area contributed by atoms with Gasteiger partial charge in [-0.3, -0.25) is 4.99 Å². The van der Waals surface area contributed by atoms with Gasteiger partial charge in [-0.15, -0.1) is 0 Å². The SMILES string of the molecule is COCC(C)NC(N)=NCCCCn1ccnc1C. The molecule has 0 bridgehead atoms. The van der Waals surface area contributed by atoms with Crippen LogP contribution in [0.2, 0.25) is 0 Å². The van der Waals surface area contributed by atoms with Crippen molar-refractivity contribution < 1.29 is 4.74 Å². The van der Waals surface area contributed by atoms with Crippen LogP contribution in [0.3, 0.4) is 0 Å². The fourth-order valence-corrected chi connectivity index (χ4v) is 1.82. The molecule has 0 fully saturated rings. The van der Waals surface area contributed by atoms with Gasteiger partial charge >= 0.3 is 0 Å². The molecule has 3 N–H and O–H groups in total. The number of ether oxygens (including phenoxy) is 1. The first-order valence-corrected chi connectivity index (χ1v) is 6.66. The second-order valence-corrected chi connectivity index (χ2v) is 4.64. The molecule has 1 aromatic heterocycles. The summed E-state index contributed by atoms with van der Waals surface area (Å²) in [6, 6.07) is 0.183. The molecule has 1 rings (SSSR count). The molecule has 1 aromatic rings. The number of hydrogen-bond donors (Lipinski definition) is 2. The third-order valence-electron chi connectivity index (χ3n) is 2.82. The Bertz CT molecular complexity index is 388. The van der Waals surface area contributed by atoms with E-state index in [0.717, 1.165) is 31.8 Å². The van der Waals surface area contributed by atoms with Crippen molar-refractivity contribution in [2.75, 3.05) is 20.3 Å². The van der Waals surface area contributed by atoms with Crippen molar-refractivity contribution in [3.63, 3.8) is 0 Å². The zero-order valence-corrected chi connectivity index (χ0v) is 12.1. The van der Waals surface area contributed by atoms with Crippen LogP contribution >= 0.6 is 0 Å². The van der Waals surface area contributed by atoms with Crippen molar-refractivity contribution in [3.8, 4) is 0 Å². The van der Waals surface area contributed by atoms with E-state index in [2.05, 4.69) is 19.9 Å². The van der Waals surface area contributed by atoms with E-state index in [9.17, 15) is 0 Å². The quantitative estimate of drug-likeness (QED) is 0.417. The number of nitrogens with zero attached hydrogens (tertiary/aromatic N) is 3. The monoisotopic (exact) mass is 267 g/mol. The lowest BCUT2D eigenvalue weighted by atomic mass is 10.3. The maximum Gasteiger partial charge on any atom is 0.188 e. The molecule has 1 unspecified atom stereocenters. The molecule has 6 heteroatoms. The Morgan fingerprint density at radius 1 is 1.58 bits per heavy atom. The Hall–Kier alpha value is -1.56. The summed E-state index contributed by atoms with van der Waals surface area (Å²) < 4.78 is 7.16. The van der Waals surface area contributed by atoms with Crippen LogP contribution in [0.25, 0.3) is 0 Å². The highest BCUT2D eigenvalue weighted by atomic mass is 16.5. The molecule has 0 aromatic carbocycles. The van der Waals surface area contributed by atoms with Crippen molar-refractivity contribution in [3.05, 3.63) is 18.2 Å². The second kappa shape index (κ2) is 8.53. The molecule has 0 aliphatic rings. The number of rotatable bonds is 8. The van der Waals surface area contributed by atoms with Crippen LogP contribution in [0.15, 0.2) is 17.4 Å². The fourth-order valence-electron chi connectivity index (χ4n) is 1.82. The van der Waals surface area contributed by atoms with E-state index >= 15 is 0 Å². The summed E-state index contributed by atoms with van der Waals surface area (Å²) in [7, 11) is 1.67. The fraction of sp³-hybridized carbons (Fsp3) is 0.692. The van der Waals surface area contributed by atoms with Gasteiger partial charge in [0.1, 0.15) is 5.82 Å². The van der Waals surface area contributed by atoms with Crippen molar-refractivity contribution in [2.24, 2.45) is 10.7 Å². The summed E-state index contributed by atoms with van der Waals surface area (Å²) in [4.78, 5) is 8.48. The average molecular weight is 267 g/mol. The molecular weight excluding hydrogens is 242 g/mol. The van der Waals surface area contributed by atoms with Crippen molar-refractivity contribution in [2.45, 2.75) is 39.3 Å². The average Bonchev–Trinajstić information content (AvgIpc) is 2.75. The molecule has 0 amide bonds. The second-order valence-electron chi connectivity index (χ2n) is 4.64. The Balaban J connectivity index is 2.14. The minimum absolute atomic E-state index is 0.183. The molecule has 1 atom stereocenters. The number of imidazole rings is 1. The highest BCUT2D eigenvalue weighted by molar-refractivity contribution is 5.78. The normalized spacial score (nSPS) is 13.5. The highest BCUT2D eigenvalue weighted by Crippen LogP contribution is 1.99. The highest BCUT2D eigenvalue weighted by Gasteiger charge is 2.01. The van der Waals surface area contributed by atoms with Gasteiger partial charge in [-0.2, -0.15) is 0 Å². The molecule has 0 spiro atoms. The summed E-state index contributed by atoms with van der Waals surface area (Å²) in [5.74, 6) is 1.54. The molecule has 6 nitrogen and oxygen atoms in total. The van der Waals surface area contributed by atoms with Gasteiger partial charge in [-0.1, -0.05) is 0 Å². The van der Waals surface area contributed by atoms with Crippen LogP contribution in [-0.2, 0) is 11.3 Å². The molecule has 1 heterocycles.